The van der Waals surface area contributed by atoms with Crippen LogP contribution in [0.5, 0.6) is 0 Å². The Kier molecular flexibility index (Phi) is 6.73. The van der Waals surface area contributed by atoms with E-state index in [-0.39, 0.29) is 12.6 Å². The van der Waals surface area contributed by atoms with Crippen LogP contribution in [0.25, 0.3) is 0 Å². The summed E-state index contributed by atoms with van der Waals surface area (Å²) in [6.07, 6.45) is 0. The number of rotatable bonds is 8. The van der Waals surface area contributed by atoms with Crippen LogP contribution in [0.15, 0.2) is 60.7 Å². The summed E-state index contributed by atoms with van der Waals surface area (Å²) in [6, 6.07) is 17.9. The third-order valence-electron chi connectivity index (χ3n) is 4.57. The van der Waals surface area contributed by atoms with Crippen LogP contribution in [-0.2, 0) is 15.1 Å². The number of ether oxygens (including phenoxy) is 1. The number of benzene rings is 2. The van der Waals surface area contributed by atoms with Crippen molar-refractivity contribution in [2.24, 2.45) is 0 Å². The highest BCUT2D eigenvalue weighted by Crippen LogP contribution is 2.31. The van der Waals surface area contributed by atoms with Crippen molar-refractivity contribution < 1.29 is 14.6 Å². The minimum atomic E-state index is -1.81. The minimum Gasteiger partial charge on any atom is -0.461 e. The first-order chi connectivity index (χ1) is 12.0. The summed E-state index contributed by atoms with van der Waals surface area (Å²) < 4.78 is 5.53. The van der Waals surface area contributed by atoms with E-state index in [1.165, 1.54) is 0 Å². The smallest absolute Gasteiger partial charge is 0.347 e. The molecule has 0 aliphatic heterocycles. The van der Waals surface area contributed by atoms with Crippen LogP contribution in [0.4, 0.5) is 0 Å². The molecule has 134 valence electrons. The first-order valence-electron chi connectivity index (χ1n) is 8.78. The zero-order chi connectivity index (χ0) is 18.3. The second-order valence-electron chi connectivity index (χ2n) is 6.11. The predicted octanol–water partition coefficient (Wildman–Crippen LogP) is 3.20. The van der Waals surface area contributed by atoms with E-state index >= 15 is 0 Å². The van der Waals surface area contributed by atoms with Gasteiger partial charge in [-0.3, -0.25) is 4.90 Å². The molecule has 0 radical (unpaired) electrons. The quantitative estimate of drug-likeness (QED) is 0.749. The maximum Gasteiger partial charge on any atom is 0.347 e. The van der Waals surface area contributed by atoms with Crippen molar-refractivity contribution in [1.82, 2.24) is 4.90 Å². The summed E-state index contributed by atoms with van der Waals surface area (Å²) in [7, 11) is 0. The Labute approximate surface area is 150 Å². The van der Waals surface area contributed by atoms with Crippen LogP contribution in [0.2, 0.25) is 0 Å². The number of carbonyl (C=O) groups excluding carboxylic acids is 1. The molecule has 4 heteroatoms. The van der Waals surface area contributed by atoms with Gasteiger partial charge >= 0.3 is 5.97 Å². The van der Waals surface area contributed by atoms with E-state index in [9.17, 15) is 9.90 Å². The third-order valence-corrected chi connectivity index (χ3v) is 4.57. The zero-order valence-corrected chi connectivity index (χ0v) is 15.2. The van der Waals surface area contributed by atoms with Crippen molar-refractivity contribution in [3.05, 3.63) is 71.8 Å². The molecule has 1 atom stereocenters. The average Bonchev–Trinajstić information content (AvgIpc) is 2.67. The molecule has 0 amide bonds. The molecule has 0 aliphatic rings. The molecular weight excluding hydrogens is 314 g/mol. The third kappa shape index (κ3) is 4.27. The van der Waals surface area contributed by atoms with Gasteiger partial charge in [0.25, 0.3) is 0 Å². The van der Waals surface area contributed by atoms with Crippen molar-refractivity contribution in [3.63, 3.8) is 0 Å². The first kappa shape index (κ1) is 19.2. The minimum absolute atomic E-state index is 0.0924. The number of esters is 1. The number of hydrogen-bond acceptors (Lipinski definition) is 4. The molecule has 0 aliphatic carbocycles. The van der Waals surface area contributed by atoms with Crippen LogP contribution in [0.1, 0.15) is 31.9 Å². The van der Waals surface area contributed by atoms with E-state index in [2.05, 4.69) is 18.7 Å². The summed E-state index contributed by atoms with van der Waals surface area (Å²) in [6.45, 7) is 8.18. The average molecular weight is 341 g/mol. The Morgan fingerprint density at radius 3 is 1.84 bits per heavy atom. The second kappa shape index (κ2) is 8.79. The summed E-state index contributed by atoms with van der Waals surface area (Å²) in [5.74, 6) is -0.649. The van der Waals surface area contributed by atoms with Crippen molar-refractivity contribution >= 4 is 5.97 Å². The Balaban J connectivity index is 2.26. The molecular formula is C21H27NO3. The number of nitrogens with zero attached hydrogens (tertiary/aromatic N) is 1. The fourth-order valence-corrected chi connectivity index (χ4v) is 3.01. The zero-order valence-electron chi connectivity index (χ0n) is 15.2. The Morgan fingerprint density at radius 2 is 1.44 bits per heavy atom. The van der Waals surface area contributed by atoms with E-state index in [0.29, 0.717) is 11.1 Å². The summed E-state index contributed by atoms with van der Waals surface area (Å²) >= 11 is 0. The normalized spacial score (nSPS) is 12.8. The van der Waals surface area contributed by atoms with E-state index in [0.717, 1.165) is 13.1 Å². The number of hydrogen-bond donors (Lipinski definition) is 1. The fraction of sp³-hybridized carbons (Fsp3) is 0.381. The summed E-state index contributed by atoms with van der Waals surface area (Å²) in [5, 5.41) is 11.3. The fourth-order valence-electron chi connectivity index (χ4n) is 3.01. The van der Waals surface area contributed by atoms with Gasteiger partial charge in [0.05, 0.1) is 0 Å². The Morgan fingerprint density at radius 1 is 1.00 bits per heavy atom. The highest BCUT2D eigenvalue weighted by atomic mass is 16.6. The van der Waals surface area contributed by atoms with Crippen LogP contribution in [-0.4, -0.2) is 41.7 Å². The van der Waals surface area contributed by atoms with E-state index in [4.69, 9.17) is 4.74 Å². The predicted molar refractivity (Wildman–Crippen MR) is 99.2 cm³/mol. The lowest BCUT2D eigenvalue weighted by Crippen LogP contribution is -2.42. The number of carbonyl (C=O) groups is 1. The van der Waals surface area contributed by atoms with E-state index in [1.54, 1.807) is 48.5 Å². The molecule has 1 N–H and O–H groups in total. The molecule has 0 fully saturated rings. The molecule has 2 aromatic rings. The topological polar surface area (TPSA) is 49.8 Å². The second-order valence-corrected chi connectivity index (χ2v) is 6.11. The van der Waals surface area contributed by atoms with Gasteiger partial charge in [-0.1, -0.05) is 74.5 Å². The van der Waals surface area contributed by atoms with Gasteiger partial charge in [-0.25, -0.2) is 4.79 Å². The van der Waals surface area contributed by atoms with Crippen molar-refractivity contribution in [1.29, 1.82) is 0 Å². The SMILES string of the molecule is CCN(CC)[C@H](C)COC(=O)C(O)(c1ccccc1)c1ccccc1. The molecule has 0 aromatic heterocycles. The monoisotopic (exact) mass is 341 g/mol. The number of aliphatic hydroxyl groups is 1. The van der Waals surface area contributed by atoms with Crippen molar-refractivity contribution in [2.75, 3.05) is 19.7 Å². The molecule has 0 bridgehead atoms. The van der Waals surface area contributed by atoms with Gasteiger partial charge < -0.3 is 9.84 Å². The van der Waals surface area contributed by atoms with Gasteiger partial charge in [0.1, 0.15) is 6.61 Å². The molecule has 0 unspecified atom stereocenters. The summed E-state index contributed by atoms with van der Waals surface area (Å²) in [4.78, 5) is 15.1. The maximum absolute atomic E-state index is 12.9. The van der Waals surface area contributed by atoms with Crippen LogP contribution in [0, 0.1) is 0 Å². The summed E-state index contributed by atoms with van der Waals surface area (Å²) in [5.41, 5.74) is -0.811. The largest absolute Gasteiger partial charge is 0.461 e. The van der Waals surface area contributed by atoms with Gasteiger partial charge in [-0.2, -0.15) is 0 Å². The van der Waals surface area contributed by atoms with Crippen LogP contribution >= 0.6 is 0 Å². The van der Waals surface area contributed by atoms with Gasteiger partial charge in [0.15, 0.2) is 0 Å². The standard InChI is InChI=1S/C21H27NO3/c1-4-22(5-2)17(3)16-25-20(23)21(24,18-12-8-6-9-13-18)19-14-10-7-11-15-19/h6-15,17,24H,4-5,16H2,1-3H3/t17-/m1/s1. The Hall–Kier alpha value is -2.17. The van der Waals surface area contributed by atoms with E-state index in [1.807, 2.05) is 19.1 Å². The molecule has 25 heavy (non-hydrogen) atoms. The van der Waals surface area contributed by atoms with Crippen LogP contribution < -0.4 is 0 Å². The molecule has 0 spiro atoms. The maximum atomic E-state index is 12.9. The Bertz CT molecular complexity index is 614. The molecule has 2 rings (SSSR count). The molecule has 0 saturated heterocycles. The van der Waals surface area contributed by atoms with E-state index < -0.39 is 11.6 Å². The molecule has 0 saturated carbocycles. The molecule has 0 heterocycles. The lowest BCUT2D eigenvalue weighted by molar-refractivity contribution is -0.163. The van der Waals surface area contributed by atoms with Gasteiger partial charge in [0.2, 0.25) is 5.60 Å². The van der Waals surface area contributed by atoms with Gasteiger partial charge in [0, 0.05) is 6.04 Å². The first-order valence-corrected chi connectivity index (χ1v) is 8.78. The molecule has 4 nitrogen and oxygen atoms in total. The van der Waals surface area contributed by atoms with Crippen LogP contribution in [0.3, 0.4) is 0 Å². The van der Waals surface area contributed by atoms with Gasteiger partial charge in [-0.15, -0.1) is 0 Å². The highest BCUT2D eigenvalue weighted by molar-refractivity contribution is 5.85. The van der Waals surface area contributed by atoms with Gasteiger partial charge in [-0.05, 0) is 31.1 Å². The lowest BCUT2D eigenvalue weighted by Gasteiger charge is -2.30. The lowest BCUT2D eigenvalue weighted by atomic mass is 9.86. The number of likely N-dealkylation sites (N-methyl/N-ethyl adjacent to an activating group) is 1. The highest BCUT2D eigenvalue weighted by Gasteiger charge is 2.41. The van der Waals surface area contributed by atoms with Crippen molar-refractivity contribution in [2.45, 2.75) is 32.4 Å². The van der Waals surface area contributed by atoms with Crippen molar-refractivity contribution in [3.8, 4) is 0 Å². The molecule has 2 aromatic carbocycles.